The second kappa shape index (κ2) is 5.23. The van der Waals surface area contributed by atoms with Crippen LogP contribution in [0.1, 0.15) is 17.9 Å². The van der Waals surface area contributed by atoms with E-state index in [1.54, 1.807) is 42.5 Å². The van der Waals surface area contributed by atoms with Gasteiger partial charge in [0.2, 0.25) is 9.84 Å². The predicted molar refractivity (Wildman–Crippen MR) is 76.8 cm³/mol. The number of nitrogens with zero attached hydrogens (tertiary/aromatic N) is 1. The summed E-state index contributed by atoms with van der Waals surface area (Å²) in [5.41, 5.74) is 0.760. The van der Waals surface area contributed by atoms with Crippen molar-refractivity contribution in [3.63, 3.8) is 0 Å². The van der Waals surface area contributed by atoms with E-state index in [1.807, 2.05) is 0 Å². The number of hydrogen-bond acceptors (Lipinski definition) is 4. The van der Waals surface area contributed by atoms with Crippen molar-refractivity contribution in [3.05, 3.63) is 54.1 Å². The monoisotopic (exact) mass is 299 g/mol. The zero-order valence-electron chi connectivity index (χ0n) is 11.2. The Morgan fingerprint density at radius 2 is 1.86 bits per heavy atom. The van der Waals surface area contributed by atoms with Gasteiger partial charge in [0.1, 0.15) is 5.75 Å². The molecule has 1 aliphatic heterocycles. The van der Waals surface area contributed by atoms with Gasteiger partial charge in [0, 0.05) is 12.0 Å². The molecule has 0 spiro atoms. The fourth-order valence-corrected chi connectivity index (χ4v) is 3.70. The average Bonchev–Trinajstić information content (AvgIpc) is 2.54. The van der Waals surface area contributed by atoms with Crippen LogP contribution >= 0.6 is 0 Å². The van der Waals surface area contributed by atoms with Gasteiger partial charge in [0.05, 0.1) is 28.4 Å². The maximum Gasteiger partial charge on any atom is 0.206 e. The molecule has 3 rings (SSSR count). The molecule has 1 atom stereocenters. The van der Waals surface area contributed by atoms with Crippen LogP contribution in [0, 0.1) is 11.3 Å². The van der Waals surface area contributed by atoms with Gasteiger partial charge in [-0.15, -0.1) is 0 Å². The lowest BCUT2D eigenvalue weighted by atomic mass is 9.95. The Morgan fingerprint density at radius 3 is 2.57 bits per heavy atom. The van der Waals surface area contributed by atoms with Gasteiger partial charge in [-0.2, -0.15) is 5.26 Å². The molecular formula is C16H13NO3S. The van der Waals surface area contributed by atoms with Crippen molar-refractivity contribution in [3.8, 4) is 11.8 Å². The highest BCUT2D eigenvalue weighted by Gasteiger charge is 2.24. The van der Waals surface area contributed by atoms with E-state index in [0.29, 0.717) is 18.8 Å². The van der Waals surface area contributed by atoms with Gasteiger partial charge in [-0.05, 0) is 24.3 Å². The van der Waals surface area contributed by atoms with Crippen LogP contribution in [0.15, 0.2) is 58.3 Å². The summed E-state index contributed by atoms with van der Waals surface area (Å²) in [7, 11) is -3.56. The van der Waals surface area contributed by atoms with Crippen molar-refractivity contribution in [2.75, 3.05) is 6.61 Å². The summed E-state index contributed by atoms with van der Waals surface area (Å²) in [6.07, 6.45) is 0.633. The topological polar surface area (TPSA) is 67.2 Å². The molecule has 5 heteroatoms. The molecule has 106 valence electrons. The van der Waals surface area contributed by atoms with Gasteiger partial charge in [0.15, 0.2) is 0 Å². The Labute approximate surface area is 123 Å². The Morgan fingerprint density at radius 1 is 1.10 bits per heavy atom. The highest BCUT2D eigenvalue weighted by Crippen LogP contribution is 2.35. The van der Waals surface area contributed by atoms with Gasteiger partial charge < -0.3 is 4.74 Å². The highest BCUT2D eigenvalue weighted by molar-refractivity contribution is 7.91. The molecule has 0 saturated carbocycles. The van der Waals surface area contributed by atoms with Crippen molar-refractivity contribution in [2.24, 2.45) is 0 Å². The lowest BCUT2D eigenvalue weighted by Gasteiger charge is -2.21. The maximum absolute atomic E-state index is 12.6. The van der Waals surface area contributed by atoms with Crippen molar-refractivity contribution >= 4 is 9.84 Å². The molecule has 0 aliphatic carbocycles. The van der Waals surface area contributed by atoms with Crippen molar-refractivity contribution < 1.29 is 13.2 Å². The van der Waals surface area contributed by atoms with E-state index in [1.165, 1.54) is 6.07 Å². The minimum Gasteiger partial charge on any atom is -0.493 e. The van der Waals surface area contributed by atoms with Gasteiger partial charge in [0.25, 0.3) is 0 Å². The van der Waals surface area contributed by atoms with Crippen LogP contribution in [0.4, 0.5) is 0 Å². The first kappa shape index (κ1) is 13.7. The summed E-state index contributed by atoms with van der Waals surface area (Å²) < 4.78 is 30.6. The van der Waals surface area contributed by atoms with E-state index in [2.05, 4.69) is 6.07 Å². The van der Waals surface area contributed by atoms with Crippen LogP contribution in [-0.2, 0) is 9.84 Å². The molecule has 2 aromatic carbocycles. The van der Waals surface area contributed by atoms with Crippen molar-refractivity contribution in [1.82, 2.24) is 0 Å². The van der Waals surface area contributed by atoms with Crippen LogP contribution in [0.2, 0.25) is 0 Å². The zero-order chi connectivity index (χ0) is 14.9. The summed E-state index contributed by atoms with van der Waals surface area (Å²) in [4.78, 5) is 0.434. The van der Waals surface area contributed by atoms with Gasteiger partial charge in [-0.3, -0.25) is 0 Å². The minimum atomic E-state index is -3.56. The Balaban J connectivity index is 2.08. The van der Waals surface area contributed by atoms with Crippen LogP contribution in [0.3, 0.4) is 0 Å². The first-order valence-electron chi connectivity index (χ1n) is 6.59. The smallest absolute Gasteiger partial charge is 0.206 e. The third kappa shape index (κ3) is 2.39. The molecule has 21 heavy (non-hydrogen) atoms. The normalized spacial score (nSPS) is 17.4. The molecule has 0 N–H and O–H groups in total. The van der Waals surface area contributed by atoms with Gasteiger partial charge >= 0.3 is 0 Å². The Bertz CT molecular complexity index is 807. The van der Waals surface area contributed by atoms with Gasteiger partial charge in [-0.25, -0.2) is 8.42 Å². The largest absolute Gasteiger partial charge is 0.493 e. The molecule has 0 aromatic heterocycles. The summed E-state index contributed by atoms with van der Waals surface area (Å²) in [6, 6.07) is 15.2. The first-order valence-corrected chi connectivity index (χ1v) is 8.08. The molecule has 0 saturated heterocycles. The molecule has 0 amide bonds. The Kier molecular flexibility index (Phi) is 3.40. The third-order valence-corrected chi connectivity index (χ3v) is 5.31. The summed E-state index contributed by atoms with van der Waals surface area (Å²) in [6.45, 7) is 0.431. The molecule has 0 bridgehead atoms. The SMILES string of the molecule is N#CC1CCOc2cc(S(=O)(=O)c3ccccc3)ccc21. The number of fused-ring (bicyclic) bond motifs is 1. The predicted octanol–water partition coefficient (Wildman–Crippen LogP) is 2.91. The molecule has 0 fully saturated rings. The second-order valence-corrected chi connectivity index (χ2v) is 6.78. The second-order valence-electron chi connectivity index (χ2n) is 4.83. The molecule has 1 aliphatic rings. The number of hydrogen-bond donors (Lipinski definition) is 0. The average molecular weight is 299 g/mol. The number of benzene rings is 2. The van der Waals surface area contributed by atoms with E-state index in [0.717, 1.165) is 5.56 Å². The van der Waals surface area contributed by atoms with Crippen LogP contribution in [0.25, 0.3) is 0 Å². The summed E-state index contributed by atoms with van der Waals surface area (Å²) in [5.74, 6) is 0.257. The lowest BCUT2D eigenvalue weighted by molar-refractivity contribution is 0.279. The molecule has 2 aromatic rings. The van der Waals surface area contributed by atoms with Crippen LogP contribution in [0.5, 0.6) is 5.75 Å². The highest BCUT2D eigenvalue weighted by atomic mass is 32.2. The third-order valence-electron chi connectivity index (χ3n) is 3.54. The van der Waals surface area contributed by atoms with E-state index in [4.69, 9.17) is 10.00 Å². The number of rotatable bonds is 2. The van der Waals surface area contributed by atoms with Crippen molar-refractivity contribution in [2.45, 2.75) is 22.1 Å². The lowest BCUT2D eigenvalue weighted by Crippen LogP contribution is -2.14. The van der Waals surface area contributed by atoms with E-state index < -0.39 is 9.84 Å². The van der Waals surface area contributed by atoms with Crippen molar-refractivity contribution in [1.29, 1.82) is 5.26 Å². The fourth-order valence-electron chi connectivity index (χ4n) is 2.41. The van der Waals surface area contributed by atoms with Gasteiger partial charge in [-0.1, -0.05) is 24.3 Å². The molecule has 1 heterocycles. The zero-order valence-corrected chi connectivity index (χ0v) is 12.0. The summed E-state index contributed by atoms with van der Waals surface area (Å²) >= 11 is 0. The van der Waals surface area contributed by atoms with Crippen LogP contribution in [-0.4, -0.2) is 15.0 Å². The first-order chi connectivity index (χ1) is 10.1. The quantitative estimate of drug-likeness (QED) is 0.855. The van der Waals surface area contributed by atoms with E-state index >= 15 is 0 Å². The molecule has 0 radical (unpaired) electrons. The number of nitriles is 1. The fraction of sp³-hybridized carbons (Fsp3) is 0.188. The van der Waals surface area contributed by atoms with Crippen LogP contribution < -0.4 is 4.74 Å². The Hall–Kier alpha value is -2.32. The minimum absolute atomic E-state index is 0.186. The maximum atomic E-state index is 12.6. The molecular weight excluding hydrogens is 286 g/mol. The van der Waals surface area contributed by atoms with E-state index in [9.17, 15) is 8.42 Å². The van der Waals surface area contributed by atoms with E-state index in [-0.39, 0.29) is 15.7 Å². The standard InChI is InChI=1S/C16H13NO3S/c17-11-12-8-9-20-16-10-14(6-7-15(12)16)21(18,19)13-4-2-1-3-5-13/h1-7,10,12H,8-9H2. The number of ether oxygens (including phenoxy) is 1. The number of sulfone groups is 1. The molecule has 4 nitrogen and oxygen atoms in total. The molecule has 1 unspecified atom stereocenters. The summed E-state index contributed by atoms with van der Waals surface area (Å²) in [5, 5.41) is 9.12.